The van der Waals surface area contributed by atoms with Crippen LogP contribution in [0.1, 0.15) is 20.3 Å². The lowest BCUT2D eigenvalue weighted by Gasteiger charge is -2.35. The second kappa shape index (κ2) is 7.45. The Morgan fingerprint density at radius 1 is 1.36 bits per heavy atom. The molecule has 0 aliphatic carbocycles. The van der Waals surface area contributed by atoms with Crippen molar-refractivity contribution in [2.24, 2.45) is 0 Å². The minimum Gasteiger partial charge on any atom is -0.396 e. The van der Waals surface area contributed by atoms with Crippen LogP contribution in [0.4, 0.5) is 10.1 Å². The normalized spacial score (nSPS) is 19.8. The van der Waals surface area contributed by atoms with E-state index < -0.39 is 11.6 Å². The van der Waals surface area contributed by atoms with Gasteiger partial charge in [-0.1, -0.05) is 23.4 Å². The Bertz CT molecular complexity index is 776. The molecule has 1 aromatic carbocycles. The Morgan fingerprint density at radius 2 is 2.16 bits per heavy atom. The summed E-state index contributed by atoms with van der Waals surface area (Å²) in [5.74, 6) is -0.304. The summed E-state index contributed by atoms with van der Waals surface area (Å²) in [6.07, 6.45) is 0.871. The van der Waals surface area contributed by atoms with Crippen LogP contribution in [0, 0.1) is 5.82 Å². The molecule has 5 nitrogen and oxygen atoms in total. The van der Waals surface area contributed by atoms with E-state index in [1.165, 1.54) is 30.0 Å². The molecule has 1 aliphatic heterocycles. The summed E-state index contributed by atoms with van der Waals surface area (Å²) in [6, 6.07) is 5.89. The largest absolute Gasteiger partial charge is 0.396 e. The van der Waals surface area contributed by atoms with Gasteiger partial charge >= 0.3 is 0 Å². The van der Waals surface area contributed by atoms with Gasteiger partial charge in [0.1, 0.15) is 10.8 Å². The van der Waals surface area contributed by atoms with Crippen molar-refractivity contribution in [3.05, 3.63) is 35.1 Å². The van der Waals surface area contributed by atoms with Crippen LogP contribution in [0.5, 0.6) is 0 Å². The summed E-state index contributed by atoms with van der Waals surface area (Å²) in [4.78, 5) is 0. The van der Waals surface area contributed by atoms with Gasteiger partial charge in [0.05, 0.1) is 24.1 Å². The maximum Gasteiger partial charge on any atom is 0.163 e. The molecule has 1 fully saturated rings. The van der Waals surface area contributed by atoms with E-state index in [1.807, 2.05) is 13.8 Å². The lowest BCUT2D eigenvalue weighted by molar-refractivity contribution is -0.267. The van der Waals surface area contributed by atoms with Gasteiger partial charge in [0.15, 0.2) is 5.79 Å². The maximum atomic E-state index is 14.0. The summed E-state index contributed by atoms with van der Waals surface area (Å²) in [5, 5.41) is 9.25. The van der Waals surface area contributed by atoms with Crippen molar-refractivity contribution >= 4 is 29.1 Å². The first-order chi connectivity index (χ1) is 11.8. The van der Waals surface area contributed by atoms with E-state index in [0.29, 0.717) is 33.8 Å². The fourth-order valence-corrected chi connectivity index (χ4v) is 3.63. The molecule has 2 heterocycles. The van der Waals surface area contributed by atoms with Crippen LogP contribution in [0.15, 0.2) is 29.3 Å². The highest BCUT2D eigenvalue weighted by atomic mass is 35.5. The van der Waals surface area contributed by atoms with Crippen molar-refractivity contribution in [1.82, 2.24) is 10.2 Å². The van der Waals surface area contributed by atoms with Crippen LogP contribution >= 0.6 is 23.4 Å². The van der Waals surface area contributed by atoms with Gasteiger partial charge in [-0.05, 0) is 44.5 Å². The average Bonchev–Trinajstić information content (AvgIpc) is 2.55. The molecule has 1 saturated heterocycles. The highest BCUT2D eigenvalue weighted by Gasteiger charge is 2.29. The lowest BCUT2D eigenvalue weighted by Crippen LogP contribution is -2.40. The number of nitrogen functional groups attached to an aromatic ring is 1. The van der Waals surface area contributed by atoms with Crippen molar-refractivity contribution < 1.29 is 13.9 Å². The fourth-order valence-electron chi connectivity index (χ4n) is 2.55. The van der Waals surface area contributed by atoms with Crippen molar-refractivity contribution in [1.29, 1.82) is 0 Å². The molecule has 2 N–H and O–H groups in total. The van der Waals surface area contributed by atoms with Gasteiger partial charge in [0.25, 0.3) is 0 Å². The summed E-state index contributed by atoms with van der Waals surface area (Å²) in [7, 11) is 0. The van der Waals surface area contributed by atoms with Gasteiger partial charge in [0, 0.05) is 16.3 Å². The second-order valence-corrected chi connectivity index (χ2v) is 7.65. The lowest BCUT2D eigenvalue weighted by atomic mass is 10.1. The first-order valence-corrected chi connectivity index (χ1v) is 9.23. The SMILES string of the molecule is CC1(C)OCCC(CSc2nnc(-c3cc(Cl)ccc3F)cc2N)O1. The molecule has 8 heteroatoms. The number of thioether (sulfide) groups is 1. The molecule has 134 valence electrons. The van der Waals surface area contributed by atoms with Crippen LogP contribution in [0.25, 0.3) is 11.3 Å². The van der Waals surface area contributed by atoms with E-state index in [9.17, 15) is 4.39 Å². The second-order valence-electron chi connectivity index (χ2n) is 6.20. The number of aromatic nitrogens is 2. The van der Waals surface area contributed by atoms with Crippen molar-refractivity contribution in [3.63, 3.8) is 0 Å². The van der Waals surface area contributed by atoms with Crippen LogP contribution in [-0.2, 0) is 9.47 Å². The van der Waals surface area contributed by atoms with Crippen molar-refractivity contribution in [2.75, 3.05) is 18.1 Å². The standard InChI is InChI=1S/C17H19ClFN3O2S/c1-17(2)23-6-5-11(24-17)9-25-16-14(20)8-15(21-22-16)12-7-10(18)3-4-13(12)19/h3-4,7-8,11H,5-6,9H2,1-2H3,(H2,20,21). The van der Waals surface area contributed by atoms with E-state index >= 15 is 0 Å². The van der Waals surface area contributed by atoms with Crippen molar-refractivity contribution in [3.8, 4) is 11.3 Å². The Morgan fingerprint density at radius 3 is 2.88 bits per heavy atom. The average molecular weight is 384 g/mol. The predicted octanol–water partition coefficient (Wildman–Crippen LogP) is 4.15. The first-order valence-electron chi connectivity index (χ1n) is 7.87. The van der Waals surface area contributed by atoms with Crippen LogP contribution in [0.3, 0.4) is 0 Å². The third-order valence-corrected chi connectivity index (χ3v) is 5.10. The number of nitrogens with two attached hydrogens (primary N) is 1. The number of ether oxygens (including phenoxy) is 2. The summed E-state index contributed by atoms with van der Waals surface area (Å²) < 4.78 is 25.3. The molecule has 1 unspecified atom stereocenters. The molecule has 2 aromatic rings. The number of hydrogen-bond acceptors (Lipinski definition) is 6. The Hall–Kier alpha value is -1.41. The Balaban J connectivity index is 1.71. The van der Waals surface area contributed by atoms with Gasteiger partial charge in [-0.3, -0.25) is 0 Å². The number of hydrogen-bond donors (Lipinski definition) is 1. The van der Waals surface area contributed by atoms with Gasteiger partial charge in [-0.15, -0.1) is 10.2 Å². The minimum atomic E-state index is -0.575. The smallest absolute Gasteiger partial charge is 0.163 e. The molecular weight excluding hydrogens is 365 g/mol. The van der Waals surface area contributed by atoms with Gasteiger partial charge < -0.3 is 15.2 Å². The third kappa shape index (κ3) is 4.61. The quantitative estimate of drug-likeness (QED) is 0.799. The number of rotatable bonds is 4. The molecule has 0 amide bonds. The van der Waals surface area contributed by atoms with Gasteiger partial charge in [-0.2, -0.15) is 0 Å². The van der Waals surface area contributed by atoms with E-state index in [-0.39, 0.29) is 11.7 Å². The molecule has 0 bridgehead atoms. The number of halogens is 2. The van der Waals surface area contributed by atoms with Crippen LogP contribution < -0.4 is 5.73 Å². The number of nitrogens with zero attached hydrogens (tertiary/aromatic N) is 2. The summed E-state index contributed by atoms with van der Waals surface area (Å²) in [6.45, 7) is 4.45. The zero-order chi connectivity index (χ0) is 18.0. The van der Waals surface area contributed by atoms with Gasteiger partial charge in [0.2, 0.25) is 0 Å². The molecule has 1 atom stereocenters. The van der Waals surface area contributed by atoms with E-state index in [4.69, 9.17) is 26.8 Å². The van der Waals surface area contributed by atoms with Crippen LogP contribution in [0.2, 0.25) is 5.02 Å². The van der Waals surface area contributed by atoms with Crippen molar-refractivity contribution in [2.45, 2.75) is 37.2 Å². The monoisotopic (exact) mass is 383 g/mol. The molecule has 1 aliphatic rings. The highest BCUT2D eigenvalue weighted by molar-refractivity contribution is 7.99. The van der Waals surface area contributed by atoms with Crippen LogP contribution in [-0.4, -0.2) is 34.4 Å². The highest BCUT2D eigenvalue weighted by Crippen LogP contribution is 2.31. The third-order valence-electron chi connectivity index (χ3n) is 3.74. The molecule has 0 radical (unpaired) electrons. The van der Waals surface area contributed by atoms with Gasteiger partial charge in [-0.25, -0.2) is 4.39 Å². The van der Waals surface area contributed by atoms with E-state index in [0.717, 1.165) is 6.42 Å². The Labute approximate surface area is 155 Å². The number of benzene rings is 1. The molecule has 0 saturated carbocycles. The molecular formula is C17H19ClFN3O2S. The predicted molar refractivity (Wildman–Crippen MR) is 97.1 cm³/mol. The van der Waals surface area contributed by atoms with E-state index in [2.05, 4.69) is 10.2 Å². The topological polar surface area (TPSA) is 70.3 Å². The minimum absolute atomic E-state index is 0.0556. The maximum absolute atomic E-state index is 14.0. The molecule has 0 spiro atoms. The molecule has 1 aromatic heterocycles. The zero-order valence-electron chi connectivity index (χ0n) is 14.0. The summed E-state index contributed by atoms with van der Waals surface area (Å²) in [5.41, 5.74) is 7.14. The number of anilines is 1. The molecule has 3 rings (SSSR count). The molecule has 25 heavy (non-hydrogen) atoms. The zero-order valence-corrected chi connectivity index (χ0v) is 15.5. The Kier molecular flexibility index (Phi) is 5.48. The first kappa shape index (κ1) is 18.4. The summed E-state index contributed by atoms with van der Waals surface area (Å²) >= 11 is 7.39. The fraction of sp³-hybridized carbons (Fsp3) is 0.412. The van der Waals surface area contributed by atoms with E-state index in [1.54, 1.807) is 6.07 Å².